The maximum absolute atomic E-state index is 11.3. The SMILES string of the molecule is OC(c1cc(-c2ccc(Cl)cc2)nc2c1ccc1ccccc12)C1CCCCN1. The van der Waals surface area contributed by atoms with Crippen LogP contribution in [0.4, 0.5) is 0 Å². The highest BCUT2D eigenvalue weighted by molar-refractivity contribution is 6.30. The lowest BCUT2D eigenvalue weighted by molar-refractivity contribution is 0.115. The van der Waals surface area contributed by atoms with Crippen molar-refractivity contribution in [3.8, 4) is 11.3 Å². The Hall–Kier alpha value is -2.46. The normalized spacial score (nSPS) is 18.2. The van der Waals surface area contributed by atoms with Crippen LogP contribution in [0.2, 0.25) is 5.02 Å². The number of hydrogen-bond donors (Lipinski definition) is 2. The molecule has 0 saturated carbocycles. The maximum Gasteiger partial charge on any atom is 0.0950 e. The van der Waals surface area contributed by atoms with Gasteiger partial charge < -0.3 is 10.4 Å². The minimum atomic E-state index is -0.576. The molecule has 4 aromatic rings. The minimum absolute atomic E-state index is 0.0684. The third-order valence-corrected chi connectivity index (χ3v) is 6.18. The summed E-state index contributed by atoms with van der Waals surface area (Å²) in [4.78, 5) is 5.02. The molecule has 3 nitrogen and oxygen atoms in total. The second kappa shape index (κ2) is 7.75. The van der Waals surface area contributed by atoms with Crippen molar-refractivity contribution in [3.63, 3.8) is 0 Å². The van der Waals surface area contributed by atoms with Crippen molar-refractivity contribution >= 4 is 33.3 Å². The fraction of sp³-hybridized carbons (Fsp3) is 0.240. The molecule has 1 aliphatic rings. The van der Waals surface area contributed by atoms with Crippen molar-refractivity contribution in [1.82, 2.24) is 10.3 Å². The maximum atomic E-state index is 11.3. The van der Waals surface area contributed by atoms with E-state index in [1.165, 1.54) is 6.42 Å². The van der Waals surface area contributed by atoms with Gasteiger partial charge in [0.1, 0.15) is 0 Å². The van der Waals surface area contributed by atoms with Crippen LogP contribution in [0.15, 0.2) is 66.7 Å². The van der Waals surface area contributed by atoms with Gasteiger partial charge in [0.2, 0.25) is 0 Å². The van der Waals surface area contributed by atoms with Gasteiger partial charge in [0.15, 0.2) is 0 Å². The molecular formula is C25H23ClN2O. The van der Waals surface area contributed by atoms with Gasteiger partial charge >= 0.3 is 0 Å². The first-order chi connectivity index (χ1) is 14.2. The van der Waals surface area contributed by atoms with Crippen LogP contribution in [-0.2, 0) is 0 Å². The molecule has 0 aliphatic carbocycles. The number of piperidine rings is 1. The third kappa shape index (κ3) is 3.51. The highest BCUT2D eigenvalue weighted by atomic mass is 35.5. The first kappa shape index (κ1) is 18.6. The highest BCUT2D eigenvalue weighted by Gasteiger charge is 2.25. The summed E-state index contributed by atoms with van der Waals surface area (Å²) in [5, 5.41) is 18.8. The molecule has 5 rings (SSSR count). The molecule has 0 amide bonds. The second-order valence-corrected chi connectivity index (χ2v) is 8.22. The summed E-state index contributed by atoms with van der Waals surface area (Å²) in [5.74, 6) is 0. The second-order valence-electron chi connectivity index (χ2n) is 7.79. The summed E-state index contributed by atoms with van der Waals surface area (Å²) < 4.78 is 0. The molecule has 3 aromatic carbocycles. The summed E-state index contributed by atoms with van der Waals surface area (Å²) in [6, 6.07) is 22.3. The van der Waals surface area contributed by atoms with Crippen LogP contribution in [-0.4, -0.2) is 22.7 Å². The summed E-state index contributed by atoms with van der Waals surface area (Å²) in [6.45, 7) is 0.956. The smallest absolute Gasteiger partial charge is 0.0950 e. The van der Waals surface area contributed by atoms with Crippen molar-refractivity contribution in [2.75, 3.05) is 6.54 Å². The van der Waals surface area contributed by atoms with E-state index < -0.39 is 6.10 Å². The lowest BCUT2D eigenvalue weighted by Crippen LogP contribution is -2.38. The summed E-state index contributed by atoms with van der Waals surface area (Å²) >= 11 is 6.09. The zero-order chi connectivity index (χ0) is 19.8. The quantitative estimate of drug-likeness (QED) is 0.420. The number of nitrogens with zero attached hydrogens (tertiary/aromatic N) is 1. The van der Waals surface area contributed by atoms with Gasteiger partial charge in [-0.1, -0.05) is 66.6 Å². The number of halogens is 1. The number of aromatic nitrogens is 1. The predicted molar refractivity (Wildman–Crippen MR) is 120 cm³/mol. The van der Waals surface area contributed by atoms with Crippen molar-refractivity contribution in [2.45, 2.75) is 31.4 Å². The molecule has 2 unspecified atom stereocenters. The van der Waals surface area contributed by atoms with E-state index in [1.54, 1.807) is 0 Å². The van der Waals surface area contributed by atoms with Gasteiger partial charge in [0, 0.05) is 27.4 Å². The van der Waals surface area contributed by atoms with E-state index in [2.05, 4.69) is 29.6 Å². The molecule has 2 atom stereocenters. The van der Waals surface area contributed by atoms with Crippen molar-refractivity contribution in [2.24, 2.45) is 0 Å². The van der Waals surface area contributed by atoms with Gasteiger partial charge in [-0.05, 0) is 48.5 Å². The van der Waals surface area contributed by atoms with Gasteiger partial charge in [-0.15, -0.1) is 0 Å². The standard InChI is InChI=1S/C25H23ClN2O/c26-18-11-8-17(9-12-18)23-15-21(25(29)22-7-3-4-14-27-22)20-13-10-16-5-1-2-6-19(16)24(20)28-23/h1-2,5-6,8-13,15,22,25,27,29H,3-4,7,14H2. The van der Waals surface area contributed by atoms with E-state index in [1.807, 2.05) is 42.5 Å². The van der Waals surface area contributed by atoms with Crippen molar-refractivity contribution in [1.29, 1.82) is 0 Å². The van der Waals surface area contributed by atoms with Crippen LogP contribution in [0.25, 0.3) is 32.9 Å². The van der Waals surface area contributed by atoms with Crippen molar-refractivity contribution < 1.29 is 5.11 Å². The van der Waals surface area contributed by atoms with Crippen molar-refractivity contribution in [3.05, 3.63) is 77.3 Å². The minimum Gasteiger partial charge on any atom is -0.387 e. The van der Waals surface area contributed by atoms with Gasteiger partial charge in [-0.2, -0.15) is 0 Å². The predicted octanol–water partition coefficient (Wildman–Crippen LogP) is 5.88. The summed E-state index contributed by atoms with van der Waals surface area (Å²) in [7, 11) is 0. The molecule has 1 saturated heterocycles. The van der Waals surface area contributed by atoms with Crippen LogP contribution in [0.3, 0.4) is 0 Å². The number of pyridine rings is 1. The molecular weight excluding hydrogens is 380 g/mol. The molecule has 1 fully saturated rings. The number of nitrogens with one attached hydrogen (secondary N) is 1. The van der Waals surface area contributed by atoms with Gasteiger partial charge in [-0.3, -0.25) is 0 Å². The van der Waals surface area contributed by atoms with Crippen LogP contribution >= 0.6 is 11.6 Å². The van der Waals surface area contributed by atoms with Crippen LogP contribution < -0.4 is 5.32 Å². The van der Waals surface area contributed by atoms with Crippen LogP contribution in [0, 0.1) is 0 Å². The molecule has 0 bridgehead atoms. The third-order valence-electron chi connectivity index (χ3n) is 5.92. The Morgan fingerprint density at radius 3 is 2.59 bits per heavy atom. The molecule has 4 heteroatoms. The number of hydrogen-bond acceptors (Lipinski definition) is 3. The number of aliphatic hydroxyl groups excluding tert-OH is 1. The summed E-state index contributed by atoms with van der Waals surface area (Å²) in [5.41, 5.74) is 3.72. The Morgan fingerprint density at radius 2 is 1.79 bits per heavy atom. The highest BCUT2D eigenvalue weighted by Crippen LogP contribution is 2.35. The van der Waals surface area contributed by atoms with E-state index in [9.17, 15) is 5.11 Å². The molecule has 29 heavy (non-hydrogen) atoms. The topological polar surface area (TPSA) is 45.2 Å². The molecule has 0 radical (unpaired) electrons. The van der Waals surface area contributed by atoms with E-state index in [0.29, 0.717) is 5.02 Å². The number of aliphatic hydroxyl groups is 1. The Labute approximate surface area is 175 Å². The van der Waals surface area contributed by atoms with E-state index >= 15 is 0 Å². The first-order valence-electron chi connectivity index (χ1n) is 10.2. The number of fused-ring (bicyclic) bond motifs is 3. The lowest BCUT2D eigenvalue weighted by atomic mass is 9.91. The molecule has 1 aliphatic heterocycles. The lowest BCUT2D eigenvalue weighted by Gasteiger charge is -2.29. The zero-order valence-corrected chi connectivity index (χ0v) is 16.9. The Kier molecular flexibility index (Phi) is 4.96. The van der Waals surface area contributed by atoms with E-state index in [0.717, 1.165) is 57.9 Å². The average molecular weight is 403 g/mol. The fourth-order valence-electron chi connectivity index (χ4n) is 4.36. The zero-order valence-electron chi connectivity index (χ0n) is 16.1. The number of benzene rings is 3. The molecule has 2 heterocycles. The molecule has 1 aromatic heterocycles. The fourth-order valence-corrected chi connectivity index (χ4v) is 4.49. The van der Waals surface area contributed by atoms with E-state index in [4.69, 9.17) is 16.6 Å². The van der Waals surface area contributed by atoms with Crippen LogP contribution in [0.5, 0.6) is 0 Å². The first-order valence-corrected chi connectivity index (χ1v) is 10.6. The van der Waals surface area contributed by atoms with E-state index in [-0.39, 0.29) is 6.04 Å². The average Bonchev–Trinajstić information content (AvgIpc) is 2.79. The Bertz CT molecular complexity index is 1170. The van der Waals surface area contributed by atoms with Gasteiger partial charge in [0.25, 0.3) is 0 Å². The van der Waals surface area contributed by atoms with Gasteiger partial charge in [0.05, 0.1) is 17.3 Å². The number of rotatable bonds is 3. The monoisotopic (exact) mass is 402 g/mol. The Morgan fingerprint density at radius 1 is 0.966 bits per heavy atom. The molecule has 0 spiro atoms. The largest absolute Gasteiger partial charge is 0.387 e. The van der Waals surface area contributed by atoms with Crippen LogP contribution in [0.1, 0.15) is 30.9 Å². The summed E-state index contributed by atoms with van der Waals surface area (Å²) in [6.07, 6.45) is 2.72. The molecule has 2 N–H and O–H groups in total. The van der Waals surface area contributed by atoms with Gasteiger partial charge in [-0.25, -0.2) is 4.98 Å². The molecule has 146 valence electrons. The Balaban J connectivity index is 1.75.